The van der Waals surface area contributed by atoms with E-state index in [0.717, 1.165) is 0 Å². The predicted molar refractivity (Wildman–Crippen MR) is 306 cm³/mol. The van der Waals surface area contributed by atoms with Gasteiger partial charge in [-0.1, -0.05) is 167 Å². The average Bonchev–Trinajstić information content (AvgIpc) is 4.05. The van der Waals surface area contributed by atoms with Crippen molar-refractivity contribution in [2.24, 2.45) is 0 Å². The molecule has 0 aliphatic heterocycles. The van der Waals surface area contributed by atoms with Crippen LogP contribution >= 0.6 is 0 Å². The number of aromatic nitrogens is 2. The minimum atomic E-state index is -0.164. The first-order valence-corrected chi connectivity index (χ1v) is 25.5. The molecule has 14 rings (SSSR count). The Morgan fingerprint density at radius 2 is 0.694 bits per heavy atom. The second-order valence-corrected chi connectivity index (χ2v) is 21.6. The van der Waals surface area contributed by atoms with Crippen LogP contribution in [0.15, 0.2) is 206 Å². The maximum absolute atomic E-state index is 2.47. The average molecular weight is 923 g/mol. The highest BCUT2D eigenvalue weighted by Crippen LogP contribution is 2.53. The summed E-state index contributed by atoms with van der Waals surface area (Å²) in [5.74, 6) is 0. The topological polar surface area (TPSA) is 9.86 Å². The monoisotopic (exact) mass is 922 g/mol. The summed E-state index contributed by atoms with van der Waals surface area (Å²) < 4.78 is 4.80. The van der Waals surface area contributed by atoms with Crippen LogP contribution in [-0.4, -0.2) is 9.13 Å². The third-order valence-electron chi connectivity index (χ3n) is 16.4. The second-order valence-electron chi connectivity index (χ2n) is 21.6. The maximum atomic E-state index is 2.47. The first-order valence-electron chi connectivity index (χ1n) is 25.5. The second kappa shape index (κ2) is 15.5. The van der Waals surface area contributed by atoms with Gasteiger partial charge in [-0.2, -0.15) is 0 Å². The number of fused-ring (bicyclic) bond motifs is 12. The first kappa shape index (κ1) is 42.4. The predicted octanol–water partition coefficient (Wildman–Crippen LogP) is 18.6. The summed E-state index contributed by atoms with van der Waals surface area (Å²) in [5, 5.41) is 5.09. The molecular weight excluding hydrogens is 869 g/mol. The van der Waals surface area contributed by atoms with Crippen molar-refractivity contribution < 1.29 is 0 Å². The zero-order valence-corrected chi connectivity index (χ0v) is 41.7. The summed E-state index contributed by atoms with van der Waals surface area (Å²) in [4.78, 5) is 0. The summed E-state index contributed by atoms with van der Waals surface area (Å²) in [6.07, 6.45) is 4.55. The molecule has 2 aliphatic rings. The normalized spacial score (nSPS) is 14.1. The number of hydrogen-bond acceptors (Lipinski definition) is 0. The molecule has 2 nitrogen and oxygen atoms in total. The quantitative estimate of drug-likeness (QED) is 0.147. The van der Waals surface area contributed by atoms with Crippen LogP contribution in [0.1, 0.15) is 72.2 Å². The van der Waals surface area contributed by atoms with E-state index in [4.69, 9.17) is 0 Å². The standard InChI is InChI=1S/C70H54N2/c1-43-34-44(2)36-52(35-43)72-66-19-13-11-17-58(66)60-39-47(27-33-68(60)72)48-24-29-55-56-31-26-50(42-64(56)70(5,6)63(55)40-48)49-25-30-54-53-28-22-46(38-61(53)69(3,4)62(54)41-49)21-20-45-23-32-67-59(37-45)57-16-10-12-18-65(57)71(67)51-14-8-7-9-15-51/h7-42H,1-6H3. The number of benzene rings is 10. The lowest BCUT2D eigenvalue weighted by Crippen LogP contribution is -2.15. The molecule has 0 fully saturated rings. The maximum Gasteiger partial charge on any atom is 0.0541 e. The Kier molecular flexibility index (Phi) is 9.14. The van der Waals surface area contributed by atoms with Crippen LogP contribution in [0.5, 0.6) is 0 Å². The zero-order valence-electron chi connectivity index (χ0n) is 41.7. The molecule has 0 spiro atoms. The largest absolute Gasteiger partial charge is 0.309 e. The lowest BCUT2D eigenvalue weighted by molar-refractivity contribution is 0.659. The third-order valence-corrected chi connectivity index (χ3v) is 16.4. The van der Waals surface area contributed by atoms with Gasteiger partial charge >= 0.3 is 0 Å². The number of rotatable bonds is 6. The van der Waals surface area contributed by atoms with E-state index in [0.29, 0.717) is 0 Å². The zero-order chi connectivity index (χ0) is 48.6. The molecule has 0 unspecified atom stereocenters. The summed E-state index contributed by atoms with van der Waals surface area (Å²) in [5.41, 5.74) is 27.9. The summed E-state index contributed by atoms with van der Waals surface area (Å²) in [7, 11) is 0. The van der Waals surface area contributed by atoms with Crippen molar-refractivity contribution in [3.8, 4) is 55.9 Å². The molecule has 0 N–H and O–H groups in total. The highest BCUT2D eigenvalue weighted by atomic mass is 15.0. The Morgan fingerprint density at radius 3 is 1.25 bits per heavy atom. The molecule has 12 aromatic rings. The summed E-state index contributed by atoms with van der Waals surface area (Å²) in [6.45, 7) is 14.0. The minimum absolute atomic E-state index is 0.150. The summed E-state index contributed by atoms with van der Waals surface area (Å²) >= 11 is 0. The van der Waals surface area contributed by atoms with E-state index in [-0.39, 0.29) is 10.8 Å². The molecule has 0 saturated carbocycles. The Bertz CT molecular complexity index is 4260. The van der Waals surface area contributed by atoms with Gasteiger partial charge < -0.3 is 9.13 Å². The van der Waals surface area contributed by atoms with Crippen molar-refractivity contribution in [2.45, 2.75) is 52.4 Å². The van der Waals surface area contributed by atoms with E-state index in [9.17, 15) is 0 Å². The Morgan fingerprint density at radius 1 is 0.306 bits per heavy atom. The Balaban J connectivity index is 0.755. The van der Waals surface area contributed by atoms with E-state index < -0.39 is 0 Å². The molecule has 0 bridgehead atoms. The summed E-state index contributed by atoms with van der Waals surface area (Å²) in [6, 6.07) is 77.5. The van der Waals surface area contributed by atoms with Gasteiger partial charge in [-0.25, -0.2) is 0 Å². The smallest absolute Gasteiger partial charge is 0.0541 e. The molecule has 72 heavy (non-hydrogen) atoms. The van der Waals surface area contributed by atoms with Crippen LogP contribution in [0.4, 0.5) is 0 Å². The Labute approximate surface area is 421 Å². The molecule has 344 valence electrons. The minimum Gasteiger partial charge on any atom is -0.309 e. The van der Waals surface area contributed by atoms with Gasteiger partial charge in [0.1, 0.15) is 0 Å². The van der Waals surface area contributed by atoms with Crippen LogP contribution < -0.4 is 0 Å². The van der Waals surface area contributed by atoms with Gasteiger partial charge in [-0.3, -0.25) is 0 Å². The Hall–Kier alpha value is -8.46. The van der Waals surface area contributed by atoms with Gasteiger partial charge in [-0.05, 0) is 182 Å². The first-order chi connectivity index (χ1) is 35.0. The van der Waals surface area contributed by atoms with Crippen LogP contribution in [0.3, 0.4) is 0 Å². The van der Waals surface area contributed by atoms with Crippen LogP contribution in [0.2, 0.25) is 0 Å². The number of nitrogens with zero attached hydrogens (tertiary/aromatic N) is 2. The highest BCUT2D eigenvalue weighted by molar-refractivity contribution is 6.11. The van der Waals surface area contributed by atoms with Gasteiger partial charge in [-0.15, -0.1) is 0 Å². The highest BCUT2D eigenvalue weighted by Gasteiger charge is 2.38. The van der Waals surface area contributed by atoms with Crippen LogP contribution in [0, 0.1) is 13.8 Å². The lowest BCUT2D eigenvalue weighted by Gasteiger charge is -2.24. The molecule has 2 aromatic heterocycles. The third kappa shape index (κ3) is 6.35. The fraction of sp³-hybridized carbons (Fsp3) is 0.114. The van der Waals surface area contributed by atoms with E-state index in [1.54, 1.807) is 0 Å². The fourth-order valence-electron chi connectivity index (χ4n) is 12.8. The van der Waals surface area contributed by atoms with Crippen molar-refractivity contribution in [3.63, 3.8) is 0 Å². The van der Waals surface area contributed by atoms with Crippen molar-refractivity contribution in [1.29, 1.82) is 0 Å². The van der Waals surface area contributed by atoms with Gasteiger partial charge in [0.25, 0.3) is 0 Å². The van der Waals surface area contributed by atoms with Crippen molar-refractivity contribution in [2.75, 3.05) is 0 Å². The van der Waals surface area contributed by atoms with E-state index in [1.807, 2.05) is 0 Å². The fourth-order valence-corrected chi connectivity index (χ4v) is 12.8. The van der Waals surface area contributed by atoms with E-state index in [2.05, 4.69) is 269 Å². The van der Waals surface area contributed by atoms with Gasteiger partial charge in [0, 0.05) is 43.7 Å². The van der Waals surface area contributed by atoms with Crippen molar-refractivity contribution in [1.82, 2.24) is 9.13 Å². The molecule has 0 radical (unpaired) electrons. The van der Waals surface area contributed by atoms with E-state index >= 15 is 0 Å². The number of hydrogen-bond donors (Lipinski definition) is 0. The molecule has 2 heteroatoms. The number of para-hydroxylation sites is 3. The molecule has 0 saturated heterocycles. The van der Waals surface area contributed by atoms with Crippen LogP contribution in [0.25, 0.3) is 112 Å². The molecule has 2 aliphatic carbocycles. The number of aryl methyl sites for hydroxylation is 2. The van der Waals surface area contributed by atoms with Crippen molar-refractivity contribution in [3.05, 3.63) is 251 Å². The molecule has 10 aromatic carbocycles. The SMILES string of the molecule is Cc1cc(C)cc(-n2c3ccccc3c3cc(-c4ccc5c(c4)C(C)(C)c4cc(-c6ccc7c(c6)C(C)(C)c6cc(C=Cc8ccc9c(c8)c8ccccc8n9-c8ccccc8)ccc6-7)ccc4-5)ccc32)c1. The van der Waals surface area contributed by atoms with Crippen molar-refractivity contribution >= 4 is 55.8 Å². The van der Waals surface area contributed by atoms with Gasteiger partial charge in [0.2, 0.25) is 0 Å². The van der Waals surface area contributed by atoms with E-state index in [1.165, 1.54) is 144 Å². The molecule has 0 atom stereocenters. The van der Waals surface area contributed by atoms with Gasteiger partial charge in [0.15, 0.2) is 0 Å². The molecule has 2 heterocycles. The lowest BCUT2D eigenvalue weighted by atomic mass is 9.79. The van der Waals surface area contributed by atoms with Gasteiger partial charge in [0.05, 0.1) is 22.1 Å². The molecular formula is C70H54N2. The van der Waals surface area contributed by atoms with Crippen LogP contribution in [-0.2, 0) is 10.8 Å². The molecule has 0 amide bonds.